The van der Waals surface area contributed by atoms with E-state index in [0.29, 0.717) is 6.42 Å². The number of aryl methyl sites for hydroxylation is 1. The van der Waals surface area contributed by atoms with Crippen molar-refractivity contribution >= 4 is 31.9 Å². The minimum atomic E-state index is -3.43. The van der Waals surface area contributed by atoms with Gasteiger partial charge in [0.1, 0.15) is 0 Å². The molecule has 0 radical (unpaired) electrons. The number of carboxylic acid groups (broad SMARTS) is 1. The molecule has 100 valence electrons. The molecule has 0 spiro atoms. The van der Waals surface area contributed by atoms with Crippen LogP contribution in [0.4, 0.5) is 0 Å². The molecule has 0 saturated heterocycles. The largest absolute Gasteiger partial charge is 0.481 e. The number of aliphatic carboxylic acids is 1. The van der Waals surface area contributed by atoms with Crippen molar-refractivity contribution in [2.75, 3.05) is 12.3 Å². The third-order valence-corrected chi connectivity index (χ3v) is 4.42. The van der Waals surface area contributed by atoms with Crippen molar-refractivity contribution in [1.82, 2.24) is 4.72 Å². The van der Waals surface area contributed by atoms with Crippen LogP contribution in [0.5, 0.6) is 0 Å². The average Bonchev–Trinajstić information content (AvgIpc) is 2.27. The quantitative estimate of drug-likeness (QED) is 0.788. The molecule has 2 N–H and O–H groups in total. The Morgan fingerprint density at radius 3 is 2.61 bits per heavy atom. The molecule has 1 aromatic rings. The van der Waals surface area contributed by atoms with E-state index in [1.807, 2.05) is 24.3 Å². The summed E-state index contributed by atoms with van der Waals surface area (Å²) in [7, 11) is -3.43. The SMILES string of the molecule is O=C(O)CCNS(=O)(=O)CCc1ccccc1Br. The van der Waals surface area contributed by atoms with Crippen molar-refractivity contribution in [2.24, 2.45) is 0 Å². The molecule has 18 heavy (non-hydrogen) atoms. The highest BCUT2D eigenvalue weighted by atomic mass is 79.9. The van der Waals surface area contributed by atoms with E-state index in [9.17, 15) is 13.2 Å². The highest BCUT2D eigenvalue weighted by Gasteiger charge is 2.11. The van der Waals surface area contributed by atoms with E-state index in [1.54, 1.807) is 0 Å². The maximum Gasteiger partial charge on any atom is 0.304 e. The van der Waals surface area contributed by atoms with Gasteiger partial charge >= 0.3 is 5.97 Å². The van der Waals surface area contributed by atoms with Crippen LogP contribution in [0.1, 0.15) is 12.0 Å². The number of rotatable bonds is 7. The molecule has 5 nitrogen and oxygen atoms in total. The molecule has 0 bridgehead atoms. The van der Waals surface area contributed by atoms with Gasteiger partial charge in [-0.05, 0) is 18.1 Å². The molecule has 0 amide bonds. The number of benzene rings is 1. The molecule has 0 heterocycles. The predicted molar refractivity (Wildman–Crippen MR) is 71.9 cm³/mol. The Bertz CT molecular complexity index is 516. The third kappa shape index (κ3) is 5.61. The minimum absolute atomic E-state index is 0.0603. The lowest BCUT2D eigenvalue weighted by Crippen LogP contribution is -2.29. The van der Waals surface area contributed by atoms with E-state index in [2.05, 4.69) is 20.7 Å². The summed E-state index contributed by atoms with van der Waals surface area (Å²) in [6, 6.07) is 7.38. The molecule has 0 atom stereocenters. The van der Waals surface area contributed by atoms with Crippen LogP contribution in [0.3, 0.4) is 0 Å². The van der Waals surface area contributed by atoms with Crippen LogP contribution < -0.4 is 4.72 Å². The zero-order chi connectivity index (χ0) is 13.6. The summed E-state index contributed by atoms with van der Waals surface area (Å²) in [5, 5.41) is 8.41. The Kier molecular flexibility index (Phi) is 5.77. The monoisotopic (exact) mass is 335 g/mol. The van der Waals surface area contributed by atoms with Gasteiger partial charge in [-0.15, -0.1) is 0 Å². The Morgan fingerprint density at radius 1 is 1.33 bits per heavy atom. The lowest BCUT2D eigenvalue weighted by atomic mass is 10.2. The fraction of sp³-hybridized carbons (Fsp3) is 0.364. The molecule has 0 aliphatic carbocycles. The molecule has 0 saturated carbocycles. The van der Waals surface area contributed by atoms with E-state index in [-0.39, 0.29) is 18.7 Å². The molecule has 0 fully saturated rings. The van der Waals surface area contributed by atoms with Gasteiger partial charge in [-0.25, -0.2) is 13.1 Å². The number of sulfonamides is 1. The van der Waals surface area contributed by atoms with Gasteiger partial charge in [0.2, 0.25) is 10.0 Å². The third-order valence-electron chi connectivity index (χ3n) is 2.26. The summed E-state index contributed by atoms with van der Waals surface area (Å²) < 4.78 is 26.3. The first-order valence-corrected chi connectivity index (χ1v) is 7.78. The van der Waals surface area contributed by atoms with Crippen molar-refractivity contribution < 1.29 is 18.3 Å². The number of hydrogen-bond donors (Lipinski definition) is 2. The smallest absolute Gasteiger partial charge is 0.304 e. The number of carbonyl (C=O) groups is 1. The van der Waals surface area contributed by atoms with Crippen LogP contribution in [0.15, 0.2) is 28.7 Å². The Hall–Kier alpha value is -0.920. The van der Waals surface area contributed by atoms with Gasteiger partial charge in [-0.2, -0.15) is 0 Å². The lowest BCUT2D eigenvalue weighted by molar-refractivity contribution is -0.136. The van der Waals surface area contributed by atoms with Gasteiger partial charge in [-0.3, -0.25) is 4.79 Å². The normalized spacial score (nSPS) is 11.4. The van der Waals surface area contributed by atoms with E-state index < -0.39 is 16.0 Å². The molecule has 1 aromatic carbocycles. The van der Waals surface area contributed by atoms with Crippen LogP contribution in [-0.4, -0.2) is 31.8 Å². The number of carboxylic acids is 1. The molecule has 0 aromatic heterocycles. The fourth-order valence-electron chi connectivity index (χ4n) is 1.33. The van der Waals surface area contributed by atoms with Crippen LogP contribution >= 0.6 is 15.9 Å². The van der Waals surface area contributed by atoms with Gasteiger partial charge in [0.15, 0.2) is 0 Å². The summed E-state index contributed by atoms with van der Waals surface area (Å²) in [6.07, 6.45) is 0.165. The molecule has 0 aliphatic heterocycles. The second kappa shape index (κ2) is 6.86. The summed E-state index contributed by atoms with van der Waals surface area (Å²) >= 11 is 3.34. The first-order chi connectivity index (χ1) is 8.41. The summed E-state index contributed by atoms with van der Waals surface area (Å²) in [6.45, 7) is -0.0758. The van der Waals surface area contributed by atoms with E-state index in [0.717, 1.165) is 10.0 Å². The average molecular weight is 336 g/mol. The highest BCUT2D eigenvalue weighted by Crippen LogP contribution is 2.16. The number of nitrogens with one attached hydrogen (secondary N) is 1. The fourth-order valence-corrected chi connectivity index (χ4v) is 2.86. The second-order valence-corrected chi connectivity index (χ2v) is 6.48. The van der Waals surface area contributed by atoms with Crippen molar-refractivity contribution in [3.8, 4) is 0 Å². The van der Waals surface area contributed by atoms with Gasteiger partial charge in [0.05, 0.1) is 12.2 Å². The molecule has 0 unspecified atom stereocenters. The lowest BCUT2D eigenvalue weighted by Gasteiger charge is -2.06. The maximum atomic E-state index is 11.6. The van der Waals surface area contributed by atoms with Crippen LogP contribution in [-0.2, 0) is 21.2 Å². The van der Waals surface area contributed by atoms with E-state index >= 15 is 0 Å². The van der Waals surface area contributed by atoms with Crippen molar-refractivity contribution in [2.45, 2.75) is 12.8 Å². The zero-order valence-corrected chi connectivity index (χ0v) is 12.0. The molecule has 7 heteroatoms. The van der Waals surface area contributed by atoms with E-state index in [1.165, 1.54) is 0 Å². The summed E-state index contributed by atoms with van der Waals surface area (Å²) in [4.78, 5) is 10.3. The number of halogens is 1. The Labute approximate surface area is 114 Å². The predicted octanol–water partition coefficient (Wildman–Crippen LogP) is 1.39. The summed E-state index contributed by atoms with van der Waals surface area (Å²) in [5.74, 6) is -1.08. The van der Waals surface area contributed by atoms with E-state index in [4.69, 9.17) is 5.11 Å². The van der Waals surface area contributed by atoms with Crippen LogP contribution in [0, 0.1) is 0 Å². The van der Waals surface area contributed by atoms with Crippen molar-refractivity contribution in [1.29, 1.82) is 0 Å². The second-order valence-electron chi connectivity index (χ2n) is 3.70. The molecule has 1 rings (SSSR count). The van der Waals surface area contributed by atoms with Gasteiger partial charge in [-0.1, -0.05) is 34.1 Å². The zero-order valence-electron chi connectivity index (χ0n) is 9.60. The standard InChI is InChI=1S/C11H14BrNO4S/c12-10-4-2-1-3-9(10)6-8-18(16,17)13-7-5-11(14)15/h1-4,13H,5-8H2,(H,14,15). The first-order valence-electron chi connectivity index (χ1n) is 5.33. The van der Waals surface area contributed by atoms with Crippen LogP contribution in [0.2, 0.25) is 0 Å². The van der Waals surface area contributed by atoms with Crippen LogP contribution in [0.25, 0.3) is 0 Å². The maximum absolute atomic E-state index is 11.6. The van der Waals surface area contributed by atoms with Crippen molar-refractivity contribution in [3.63, 3.8) is 0 Å². The van der Waals surface area contributed by atoms with Gasteiger partial charge < -0.3 is 5.11 Å². The topological polar surface area (TPSA) is 83.5 Å². The van der Waals surface area contributed by atoms with Gasteiger partial charge in [0.25, 0.3) is 0 Å². The Balaban J connectivity index is 2.47. The molecular weight excluding hydrogens is 322 g/mol. The Morgan fingerprint density at radius 2 is 2.00 bits per heavy atom. The highest BCUT2D eigenvalue weighted by molar-refractivity contribution is 9.10. The van der Waals surface area contributed by atoms with Crippen molar-refractivity contribution in [3.05, 3.63) is 34.3 Å². The van der Waals surface area contributed by atoms with Gasteiger partial charge in [0, 0.05) is 11.0 Å². The first kappa shape index (κ1) is 15.1. The molecular formula is C11H14BrNO4S. The minimum Gasteiger partial charge on any atom is -0.481 e. The summed E-state index contributed by atoms with van der Waals surface area (Å²) in [5.41, 5.74) is 0.904. The molecule has 0 aliphatic rings. The number of hydrogen-bond acceptors (Lipinski definition) is 3.